The fourth-order valence-electron chi connectivity index (χ4n) is 1.69. The maximum atomic E-state index is 11.3. The van der Waals surface area contributed by atoms with Crippen molar-refractivity contribution >= 4 is 5.97 Å². The topological polar surface area (TPSA) is 26.3 Å². The van der Waals surface area contributed by atoms with Gasteiger partial charge in [-0.2, -0.15) is 0 Å². The Kier molecular flexibility index (Phi) is 4.77. The number of esters is 1. The molecule has 1 aromatic carbocycles. The van der Waals surface area contributed by atoms with Gasteiger partial charge in [-0.15, -0.1) is 6.58 Å². The number of ether oxygens (including phenoxy) is 1. The highest BCUT2D eigenvalue weighted by atomic mass is 16.5. The Morgan fingerprint density at radius 3 is 2.81 bits per heavy atom. The lowest BCUT2D eigenvalue weighted by Gasteiger charge is -2.09. The quantitative estimate of drug-likeness (QED) is 0.561. The lowest BCUT2D eigenvalue weighted by atomic mass is 9.99. The van der Waals surface area contributed by atoms with Crippen molar-refractivity contribution < 1.29 is 9.53 Å². The summed E-state index contributed by atoms with van der Waals surface area (Å²) in [5.41, 5.74) is 2.39. The van der Waals surface area contributed by atoms with Crippen molar-refractivity contribution in [2.75, 3.05) is 7.11 Å². The summed E-state index contributed by atoms with van der Waals surface area (Å²) in [6.45, 7) is 5.59. The predicted octanol–water partition coefficient (Wildman–Crippen LogP) is 2.77. The summed E-state index contributed by atoms with van der Waals surface area (Å²) in [6.07, 6.45) is 3.46. The minimum Gasteiger partial charge on any atom is -0.469 e. The van der Waals surface area contributed by atoms with E-state index < -0.39 is 0 Å². The third-order valence-corrected chi connectivity index (χ3v) is 2.52. The van der Waals surface area contributed by atoms with Crippen LogP contribution in [0.25, 0.3) is 0 Å². The highest BCUT2D eigenvalue weighted by Crippen LogP contribution is 2.12. The van der Waals surface area contributed by atoms with Gasteiger partial charge in [0.2, 0.25) is 0 Å². The van der Waals surface area contributed by atoms with Gasteiger partial charge >= 0.3 is 5.97 Å². The molecule has 86 valence electrons. The van der Waals surface area contributed by atoms with Gasteiger partial charge in [-0.05, 0) is 24.0 Å². The number of allylic oxidation sites excluding steroid dienone is 1. The molecule has 2 nitrogen and oxygen atoms in total. The molecule has 0 heterocycles. The molecule has 0 spiro atoms. The molecule has 0 aliphatic heterocycles. The molecule has 1 rings (SSSR count). The first-order chi connectivity index (χ1) is 7.67. The van der Waals surface area contributed by atoms with Crippen molar-refractivity contribution in [1.82, 2.24) is 0 Å². The Hall–Kier alpha value is -1.57. The zero-order valence-electron chi connectivity index (χ0n) is 9.90. The first kappa shape index (κ1) is 12.5. The lowest BCUT2D eigenvalue weighted by molar-refractivity contribution is -0.144. The summed E-state index contributed by atoms with van der Waals surface area (Å²) in [5, 5.41) is 0. The van der Waals surface area contributed by atoms with Crippen LogP contribution in [0.1, 0.15) is 18.1 Å². The maximum absolute atomic E-state index is 11.3. The van der Waals surface area contributed by atoms with E-state index in [2.05, 4.69) is 18.7 Å². The fraction of sp³-hybridized carbons (Fsp3) is 0.357. The van der Waals surface area contributed by atoms with Gasteiger partial charge < -0.3 is 4.74 Å². The average molecular weight is 218 g/mol. The molecule has 16 heavy (non-hydrogen) atoms. The van der Waals surface area contributed by atoms with Gasteiger partial charge in [0.25, 0.3) is 0 Å². The molecule has 0 bridgehead atoms. The van der Waals surface area contributed by atoms with Crippen LogP contribution >= 0.6 is 0 Å². The van der Waals surface area contributed by atoms with Crippen LogP contribution in [-0.2, 0) is 22.4 Å². The second-order valence-electron chi connectivity index (χ2n) is 3.94. The highest BCUT2D eigenvalue weighted by Gasteiger charge is 2.13. The minimum atomic E-state index is -0.158. The molecule has 0 fully saturated rings. The van der Waals surface area contributed by atoms with Crippen molar-refractivity contribution in [1.29, 1.82) is 0 Å². The number of hydrogen-bond donors (Lipinski definition) is 0. The Labute approximate surface area is 96.9 Å². The Bertz CT molecular complexity index is 369. The number of benzene rings is 1. The van der Waals surface area contributed by atoms with Gasteiger partial charge in [0.1, 0.15) is 0 Å². The Morgan fingerprint density at radius 1 is 1.50 bits per heavy atom. The van der Waals surface area contributed by atoms with E-state index in [1.165, 1.54) is 12.7 Å². The van der Waals surface area contributed by atoms with Crippen LogP contribution in [0.3, 0.4) is 0 Å². The van der Waals surface area contributed by atoms with Crippen LogP contribution in [0.5, 0.6) is 0 Å². The first-order valence-corrected chi connectivity index (χ1v) is 5.44. The van der Waals surface area contributed by atoms with E-state index >= 15 is 0 Å². The van der Waals surface area contributed by atoms with E-state index in [0.29, 0.717) is 0 Å². The summed E-state index contributed by atoms with van der Waals surface area (Å²) in [7, 11) is 1.42. The molecule has 0 aliphatic carbocycles. The summed E-state index contributed by atoms with van der Waals surface area (Å²) in [6, 6.07) is 8.22. The maximum Gasteiger partial charge on any atom is 0.308 e. The normalized spacial score (nSPS) is 11.9. The van der Waals surface area contributed by atoms with Gasteiger partial charge in [0.15, 0.2) is 0 Å². The molecule has 1 aromatic rings. The smallest absolute Gasteiger partial charge is 0.308 e. The highest BCUT2D eigenvalue weighted by molar-refractivity contribution is 5.72. The largest absolute Gasteiger partial charge is 0.469 e. The SMILES string of the molecule is C=CCc1cccc(CC(C)C(=O)OC)c1. The van der Waals surface area contributed by atoms with E-state index in [1.807, 2.05) is 25.1 Å². The van der Waals surface area contributed by atoms with E-state index in [1.54, 1.807) is 0 Å². The Morgan fingerprint density at radius 2 is 2.19 bits per heavy atom. The predicted molar refractivity (Wildman–Crippen MR) is 65.2 cm³/mol. The molecule has 0 aromatic heterocycles. The van der Waals surface area contributed by atoms with E-state index in [-0.39, 0.29) is 11.9 Å². The molecular weight excluding hydrogens is 200 g/mol. The van der Waals surface area contributed by atoms with Crippen molar-refractivity contribution in [2.45, 2.75) is 19.8 Å². The number of carbonyl (C=O) groups is 1. The second-order valence-corrected chi connectivity index (χ2v) is 3.94. The molecule has 0 aliphatic rings. The summed E-state index contributed by atoms with van der Waals surface area (Å²) in [5.74, 6) is -0.252. The standard InChI is InChI=1S/C14H18O2/c1-4-6-12-7-5-8-13(10-12)9-11(2)14(15)16-3/h4-5,7-8,10-11H,1,6,9H2,2-3H3. The molecule has 0 amide bonds. The van der Waals surface area contributed by atoms with Gasteiger partial charge in [-0.25, -0.2) is 0 Å². The average Bonchev–Trinajstić information content (AvgIpc) is 2.29. The number of hydrogen-bond acceptors (Lipinski definition) is 2. The van der Waals surface area contributed by atoms with Crippen LogP contribution in [0.15, 0.2) is 36.9 Å². The summed E-state index contributed by atoms with van der Waals surface area (Å²) < 4.78 is 4.71. The first-order valence-electron chi connectivity index (χ1n) is 5.44. The fourth-order valence-corrected chi connectivity index (χ4v) is 1.69. The molecule has 0 saturated carbocycles. The number of rotatable bonds is 5. The summed E-state index contributed by atoms with van der Waals surface area (Å²) in [4.78, 5) is 11.3. The van der Waals surface area contributed by atoms with Crippen molar-refractivity contribution in [3.63, 3.8) is 0 Å². The van der Waals surface area contributed by atoms with E-state index in [0.717, 1.165) is 18.4 Å². The third-order valence-electron chi connectivity index (χ3n) is 2.52. The summed E-state index contributed by atoms with van der Waals surface area (Å²) >= 11 is 0. The molecule has 1 unspecified atom stereocenters. The molecule has 0 saturated heterocycles. The number of carbonyl (C=O) groups excluding carboxylic acids is 1. The molecule has 1 atom stereocenters. The molecule has 2 heteroatoms. The van der Waals surface area contributed by atoms with Crippen LogP contribution in [0.4, 0.5) is 0 Å². The van der Waals surface area contributed by atoms with Crippen LogP contribution < -0.4 is 0 Å². The van der Waals surface area contributed by atoms with Crippen molar-refractivity contribution in [3.05, 3.63) is 48.0 Å². The van der Waals surface area contributed by atoms with Crippen molar-refractivity contribution in [3.8, 4) is 0 Å². The second kappa shape index (κ2) is 6.11. The third kappa shape index (κ3) is 3.54. The van der Waals surface area contributed by atoms with Crippen molar-refractivity contribution in [2.24, 2.45) is 5.92 Å². The van der Waals surface area contributed by atoms with Gasteiger partial charge in [-0.1, -0.05) is 37.3 Å². The lowest BCUT2D eigenvalue weighted by Crippen LogP contribution is -2.15. The minimum absolute atomic E-state index is 0.0935. The molecular formula is C14H18O2. The van der Waals surface area contributed by atoms with E-state index in [9.17, 15) is 4.79 Å². The zero-order valence-corrected chi connectivity index (χ0v) is 9.90. The van der Waals surface area contributed by atoms with Crippen LogP contribution in [-0.4, -0.2) is 13.1 Å². The monoisotopic (exact) mass is 218 g/mol. The van der Waals surface area contributed by atoms with Gasteiger partial charge in [-0.3, -0.25) is 4.79 Å². The van der Waals surface area contributed by atoms with Crippen LogP contribution in [0.2, 0.25) is 0 Å². The van der Waals surface area contributed by atoms with E-state index in [4.69, 9.17) is 4.74 Å². The number of methoxy groups -OCH3 is 1. The Balaban J connectivity index is 2.69. The molecule has 0 N–H and O–H groups in total. The van der Waals surface area contributed by atoms with Gasteiger partial charge in [0, 0.05) is 0 Å². The van der Waals surface area contributed by atoms with Gasteiger partial charge in [0.05, 0.1) is 13.0 Å². The zero-order chi connectivity index (χ0) is 12.0. The molecule has 0 radical (unpaired) electrons. The van der Waals surface area contributed by atoms with Crippen LogP contribution in [0, 0.1) is 5.92 Å².